The SMILES string of the molecule is CC(C)(C)OC(=O)Nc1cc(CN2CCC(C=O)(N3CCC(CC(O)c4ccc(Cl)cc4)CC3)CC2)ccn1. The molecule has 0 saturated carbocycles. The van der Waals surface area contributed by atoms with E-state index in [1.54, 1.807) is 6.20 Å². The topological polar surface area (TPSA) is 95.0 Å². The van der Waals surface area contributed by atoms with Crippen LogP contribution in [0.15, 0.2) is 42.6 Å². The number of hydrogen-bond donors (Lipinski definition) is 2. The summed E-state index contributed by atoms with van der Waals surface area (Å²) in [5, 5.41) is 14.1. The first-order chi connectivity index (χ1) is 18.5. The second kappa shape index (κ2) is 12.8. The molecule has 2 aliphatic rings. The van der Waals surface area contributed by atoms with Crippen molar-refractivity contribution in [2.45, 2.75) is 76.7 Å². The van der Waals surface area contributed by atoms with Gasteiger partial charge >= 0.3 is 6.09 Å². The zero-order chi connectivity index (χ0) is 28.0. The van der Waals surface area contributed by atoms with Gasteiger partial charge in [-0.2, -0.15) is 0 Å². The Morgan fingerprint density at radius 2 is 1.85 bits per heavy atom. The van der Waals surface area contributed by atoms with Crippen LogP contribution in [-0.2, 0) is 16.1 Å². The number of benzene rings is 1. The number of amides is 1. The highest BCUT2D eigenvalue weighted by Gasteiger charge is 2.41. The summed E-state index contributed by atoms with van der Waals surface area (Å²) in [7, 11) is 0. The monoisotopic (exact) mass is 556 g/mol. The summed E-state index contributed by atoms with van der Waals surface area (Å²) < 4.78 is 5.32. The molecule has 2 aliphatic heterocycles. The van der Waals surface area contributed by atoms with Crippen molar-refractivity contribution in [3.8, 4) is 0 Å². The molecule has 1 atom stereocenters. The van der Waals surface area contributed by atoms with Crippen LogP contribution in [0.1, 0.15) is 70.1 Å². The van der Waals surface area contributed by atoms with Crippen LogP contribution >= 0.6 is 11.6 Å². The summed E-state index contributed by atoms with van der Waals surface area (Å²) in [4.78, 5) is 33.5. The van der Waals surface area contributed by atoms with Gasteiger partial charge in [0.05, 0.1) is 11.6 Å². The Balaban J connectivity index is 1.25. The molecule has 39 heavy (non-hydrogen) atoms. The van der Waals surface area contributed by atoms with Gasteiger partial charge in [0, 0.05) is 30.9 Å². The number of aldehydes is 1. The summed E-state index contributed by atoms with van der Waals surface area (Å²) >= 11 is 5.98. The van der Waals surface area contributed by atoms with E-state index < -0.39 is 23.3 Å². The number of carbonyl (C=O) groups excluding carboxylic acids is 2. The molecule has 2 N–H and O–H groups in total. The summed E-state index contributed by atoms with van der Waals surface area (Å²) in [5.74, 6) is 0.899. The van der Waals surface area contributed by atoms with Gasteiger partial charge in [0.15, 0.2) is 0 Å². The van der Waals surface area contributed by atoms with Gasteiger partial charge in [0.2, 0.25) is 0 Å². The normalized spacial score (nSPS) is 19.8. The lowest BCUT2D eigenvalue weighted by Gasteiger charge is -2.48. The number of piperidine rings is 2. The molecule has 1 aromatic heterocycles. The fourth-order valence-corrected chi connectivity index (χ4v) is 5.79. The van der Waals surface area contributed by atoms with E-state index in [2.05, 4.69) is 20.1 Å². The van der Waals surface area contributed by atoms with E-state index in [0.29, 0.717) is 16.8 Å². The summed E-state index contributed by atoms with van der Waals surface area (Å²) in [5.41, 5.74) is 0.960. The van der Waals surface area contributed by atoms with Crippen molar-refractivity contribution in [3.05, 3.63) is 58.7 Å². The third-order valence-corrected chi connectivity index (χ3v) is 8.11. The number of ether oxygens (including phenoxy) is 1. The molecule has 0 bridgehead atoms. The molecule has 212 valence electrons. The van der Waals surface area contributed by atoms with E-state index in [1.807, 2.05) is 57.2 Å². The first kappa shape index (κ1) is 29.5. The Hall–Kier alpha value is -2.52. The van der Waals surface area contributed by atoms with E-state index in [1.165, 1.54) is 6.29 Å². The van der Waals surface area contributed by atoms with Crippen LogP contribution in [0, 0.1) is 5.92 Å². The molecule has 1 unspecified atom stereocenters. The zero-order valence-electron chi connectivity index (χ0n) is 23.2. The Bertz CT molecular complexity index is 1100. The minimum Gasteiger partial charge on any atom is -0.444 e. The second-order valence-electron chi connectivity index (χ2n) is 11.9. The largest absolute Gasteiger partial charge is 0.444 e. The predicted octanol–water partition coefficient (Wildman–Crippen LogP) is 5.45. The van der Waals surface area contributed by atoms with Gasteiger partial charge in [-0.1, -0.05) is 23.7 Å². The van der Waals surface area contributed by atoms with Gasteiger partial charge in [-0.15, -0.1) is 0 Å². The quantitative estimate of drug-likeness (QED) is 0.417. The molecule has 3 heterocycles. The highest BCUT2D eigenvalue weighted by Crippen LogP contribution is 2.35. The van der Waals surface area contributed by atoms with Gasteiger partial charge in [-0.3, -0.25) is 15.1 Å². The Morgan fingerprint density at radius 3 is 2.46 bits per heavy atom. The molecule has 2 aromatic rings. The second-order valence-corrected chi connectivity index (χ2v) is 12.3. The molecule has 0 aliphatic carbocycles. The van der Waals surface area contributed by atoms with Crippen molar-refractivity contribution in [3.63, 3.8) is 0 Å². The maximum Gasteiger partial charge on any atom is 0.413 e. The minimum atomic E-state index is -0.575. The number of carbonyl (C=O) groups is 2. The molecule has 4 rings (SSSR count). The molecule has 0 radical (unpaired) electrons. The van der Waals surface area contributed by atoms with Crippen LogP contribution in [0.4, 0.5) is 10.6 Å². The Kier molecular flexibility index (Phi) is 9.64. The summed E-state index contributed by atoms with van der Waals surface area (Å²) in [6.45, 7) is 9.59. The highest BCUT2D eigenvalue weighted by molar-refractivity contribution is 6.30. The number of nitrogens with zero attached hydrogens (tertiary/aromatic N) is 3. The molecule has 9 heteroatoms. The van der Waals surface area contributed by atoms with Crippen LogP contribution in [0.2, 0.25) is 5.02 Å². The molecular weight excluding hydrogens is 516 g/mol. The average molecular weight is 557 g/mol. The van der Waals surface area contributed by atoms with Crippen LogP contribution in [0.5, 0.6) is 0 Å². The number of halogens is 1. The third-order valence-electron chi connectivity index (χ3n) is 7.86. The van der Waals surface area contributed by atoms with E-state index in [4.69, 9.17) is 16.3 Å². The number of rotatable bonds is 8. The number of aliphatic hydroxyl groups is 1. The van der Waals surface area contributed by atoms with Gasteiger partial charge in [-0.05, 0) is 107 Å². The number of hydrogen-bond acceptors (Lipinski definition) is 7. The van der Waals surface area contributed by atoms with Crippen molar-refractivity contribution in [2.75, 3.05) is 31.5 Å². The fourth-order valence-electron chi connectivity index (χ4n) is 5.67. The van der Waals surface area contributed by atoms with Gasteiger partial charge < -0.3 is 14.6 Å². The maximum atomic E-state index is 12.4. The number of pyridine rings is 1. The van der Waals surface area contributed by atoms with Crippen LogP contribution < -0.4 is 5.32 Å². The van der Waals surface area contributed by atoms with Crippen LogP contribution in [0.25, 0.3) is 0 Å². The zero-order valence-corrected chi connectivity index (χ0v) is 24.0. The minimum absolute atomic E-state index is 0.419. The van der Waals surface area contributed by atoms with E-state index >= 15 is 0 Å². The molecule has 0 spiro atoms. The highest BCUT2D eigenvalue weighted by atomic mass is 35.5. The molecule has 1 aromatic carbocycles. The smallest absolute Gasteiger partial charge is 0.413 e. The van der Waals surface area contributed by atoms with Crippen LogP contribution in [0.3, 0.4) is 0 Å². The maximum absolute atomic E-state index is 12.4. The first-order valence-electron chi connectivity index (χ1n) is 13.9. The van der Waals surface area contributed by atoms with Gasteiger partial charge in [0.1, 0.15) is 17.7 Å². The van der Waals surface area contributed by atoms with Crippen molar-refractivity contribution >= 4 is 29.8 Å². The fraction of sp³-hybridized carbons (Fsp3) is 0.567. The van der Waals surface area contributed by atoms with Crippen molar-refractivity contribution in [1.82, 2.24) is 14.8 Å². The van der Waals surface area contributed by atoms with Crippen molar-refractivity contribution in [2.24, 2.45) is 5.92 Å². The van der Waals surface area contributed by atoms with Crippen molar-refractivity contribution < 1.29 is 19.4 Å². The number of anilines is 1. The van der Waals surface area contributed by atoms with Crippen molar-refractivity contribution in [1.29, 1.82) is 0 Å². The number of nitrogens with one attached hydrogen (secondary N) is 1. The first-order valence-corrected chi connectivity index (χ1v) is 14.3. The Morgan fingerprint density at radius 1 is 1.18 bits per heavy atom. The Labute approximate surface area is 236 Å². The van der Waals surface area contributed by atoms with Crippen LogP contribution in [-0.4, -0.2) is 69.6 Å². The summed E-state index contributed by atoms with van der Waals surface area (Å²) in [6, 6.07) is 11.2. The van der Waals surface area contributed by atoms with Gasteiger partial charge in [0.25, 0.3) is 0 Å². The molecule has 2 fully saturated rings. The standard InChI is InChI=1S/C30H41ClN4O4/c1-29(2,3)39-28(38)33-27-19-23(8-13-32-27)20-34-16-11-30(21-36,12-17-34)35-14-9-22(10-15-35)18-26(37)24-4-6-25(31)7-5-24/h4-8,13,19,21-22,26,37H,9-12,14-18,20H2,1-3H3,(H,32,33,38). The molecule has 2 saturated heterocycles. The molecular formula is C30H41ClN4O4. The number of likely N-dealkylation sites (tertiary alicyclic amines) is 2. The number of aromatic nitrogens is 1. The van der Waals surface area contributed by atoms with E-state index in [0.717, 1.165) is 76.0 Å². The third kappa shape index (κ3) is 8.24. The van der Waals surface area contributed by atoms with Gasteiger partial charge in [-0.25, -0.2) is 9.78 Å². The van der Waals surface area contributed by atoms with E-state index in [-0.39, 0.29) is 0 Å². The lowest BCUT2D eigenvalue weighted by atomic mass is 9.82. The lowest BCUT2D eigenvalue weighted by molar-refractivity contribution is -0.123. The lowest BCUT2D eigenvalue weighted by Crippen LogP contribution is -2.58. The van der Waals surface area contributed by atoms with E-state index in [9.17, 15) is 14.7 Å². The molecule has 1 amide bonds. The number of aliphatic hydroxyl groups excluding tert-OH is 1. The predicted molar refractivity (Wildman–Crippen MR) is 153 cm³/mol. The average Bonchev–Trinajstić information content (AvgIpc) is 2.89. The molecule has 8 nitrogen and oxygen atoms in total. The summed E-state index contributed by atoms with van der Waals surface area (Å²) in [6.07, 6.45) is 6.12.